The largest absolute Gasteiger partial charge is 0.389 e. The molecule has 0 spiro atoms. The lowest BCUT2D eigenvalue weighted by atomic mass is 9.77. The van der Waals surface area contributed by atoms with Crippen molar-refractivity contribution in [2.75, 3.05) is 0 Å². The second-order valence-electron chi connectivity index (χ2n) is 5.47. The first kappa shape index (κ1) is 14.2. The molecule has 0 fully saturated rings. The van der Waals surface area contributed by atoms with Gasteiger partial charge in [0.2, 0.25) is 0 Å². The number of ketones is 1. The molecule has 0 aliphatic heterocycles. The van der Waals surface area contributed by atoms with Crippen molar-refractivity contribution in [3.63, 3.8) is 0 Å². The molecule has 0 saturated carbocycles. The molecule has 2 unspecified atom stereocenters. The van der Waals surface area contributed by atoms with Crippen LogP contribution in [0.15, 0.2) is 23.3 Å². The molecule has 3 atom stereocenters. The lowest BCUT2D eigenvalue weighted by Crippen LogP contribution is -2.32. The van der Waals surface area contributed by atoms with Crippen molar-refractivity contribution in [3.05, 3.63) is 23.3 Å². The van der Waals surface area contributed by atoms with Crippen LogP contribution in [0.2, 0.25) is 0 Å². The third-order valence-electron chi connectivity index (χ3n) is 3.63. The number of Topliss-reactive ketones (excluding diaryl/α,β-unsaturated/α-hetero) is 1. The molecule has 0 aromatic heterocycles. The summed E-state index contributed by atoms with van der Waals surface area (Å²) in [5.74, 6) is 0.667. The summed E-state index contributed by atoms with van der Waals surface area (Å²) in [7, 11) is 0. The molecular formula is C15H24O2. The molecule has 1 aliphatic rings. The van der Waals surface area contributed by atoms with Gasteiger partial charge in [0.05, 0.1) is 6.10 Å². The number of hydrogen-bond acceptors (Lipinski definition) is 2. The maximum Gasteiger partial charge on any atom is 0.158 e. The van der Waals surface area contributed by atoms with E-state index in [0.29, 0.717) is 17.9 Å². The SMILES string of the molecule is CC(C)=CCCC(C)[C@H]1CC(=O)C(C)=CC1O. The van der Waals surface area contributed by atoms with Crippen LogP contribution in [0.4, 0.5) is 0 Å². The topological polar surface area (TPSA) is 37.3 Å². The number of aliphatic hydroxyl groups is 1. The maximum atomic E-state index is 11.6. The quantitative estimate of drug-likeness (QED) is 0.761. The Kier molecular flexibility index (Phi) is 5.13. The van der Waals surface area contributed by atoms with E-state index in [4.69, 9.17) is 0 Å². The van der Waals surface area contributed by atoms with E-state index < -0.39 is 6.10 Å². The molecule has 1 N–H and O–H groups in total. The summed E-state index contributed by atoms with van der Waals surface area (Å²) < 4.78 is 0. The van der Waals surface area contributed by atoms with Gasteiger partial charge in [-0.05, 0) is 57.1 Å². The van der Waals surface area contributed by atoms with Gasteiger partial charge in [0.25, 0.3) is 0 Å². The highest BCUT2D eigenvalue weighted by atomic mass is 16.3. The van der Waals surface area contributed by atoms with Crippen LogP contribution < -0.4 is 0 Å². The van der Waals surface area contributed by atoms with E-state index in [0.717, 1.165) is 12.8 Å². The van der Waals surface area contributed by atoms with Gasteiger partial charge < -0.3 is 5.11 Å². The highest BCUT2D eigenvalue weighted by Crippen LogP contribution is 2.30. The Morgan fingerprint density at radius 1 is 1.59 bits per heavy atom. The molecule has 96 valence electrons. The number of aliphatic hydroxyl groups excluding tert-OH is 1. The van der Waals surface area contributed by atoms with Gasteiger partial charge in [-0.15, -0.1) is 0 Å². The van der Waals surface area contributed by atoms with Crippen molar-refractivity contribution in [1.82, 2.24) is 0 Å². The van der Waals surface area contributed by atoms with Crippen LogP contribution >= 0.6 is 0 Å². The normalized spacial score (nSPS) is 26.4. The van der Waals surface area contributed by atoms with Gasteiger partial charge in [-0.2, -0.15) is 0 Å². The zero-order valence-corrected chi connectivity index (χ0v) is 11.4. The summed E-state index contributed by atoms with van der Waals surface area (Å²) in [5.41, 5.74) is 2.04. The van der Waals surface area contributed by atoms with E-state index in [1.54, 1.807) is 13.0 Å². The first-order valence-corrected chi connectivity index (χ1v) is 6.45. The smallest absolute Gasteiger partial charge is 0.158 e. The minimum atomic E-state index is -0.450. The van der Waals surface area contributed by atoms with Crippen LogP contribution in [0.3, 0.4) is 0 Å². The summed E-state index contributed by atoms with van der Waals surface area (Å²) in [4.78, 5) is 11.6. The third kappa shape index (κ3) is 4.12. The Labute approximate surface area is 104 Å². The Morgan fingerprint density at radius 3 is 2.82 bits per heavy atom. The van der Waals surface area contributed by atoms with Crippen LogP contribution in [-0.2, 0) is 4.79 Å². The fourth-order valence-electron chi connectivity index (χ4n) is 2.36. The average molecular weight is 236 g/mol. The molecule has 0 aromatic carbocycles. The van der Waals surface area contributed by atoms with Gasteiger partial charge >= 0.3 is 0 Å². The van der Waals surface area contributed by atoms with E-state index in [-0.39, 0.29) is 11.7 Å². The fraction of sp³-hybridized carbons (Fsp3) is 0.667. The molecule has 0 heterocycles. The van der Waals surface area contributed by atoms with Crippen LogP contribution in [0.25, 0.3) is 0 Å². The van der Waals surface area contributed by atoms with Gasteiger partial charge in [-0.1, -0.05) is 18.6 Å². The zero-order valence-electron chi connectivity index (χ0n) is 11.4. The molecular weight excluding hydrogens is 212 g/mol. The van der Waals surface area contributed by atoms with Crippen molar-refractivity contribution >= 4 is 5.78 Å². The predicted octanol–water partition coefficient (Wildman–Crippen LogP) is 3.27. The molecule has 1 rings (SSSR count). The molecule has 0 saturated heterocycles. The number of rotatable bonds is 4. The predicted molar refractivity (Wildman–Crippen MR) is 70.7 cm³/mol. The number of allylic oxidation sites excluding steroid dienone is 3. The molecule has 1 aliphatic carbocycles. The zero-order chi connectivity index (χ0) is 13.0. The monoisotopic (exact) mass is 236 g/mol. The highest BCUT2D eigenvalue weighted by molar-refractivity contribution is 5.95. The molecule has 0 aromatic rings. The Hall–Kier alpha value is -0.890. The average Bonchev–Trinajstić information content (AvgIpc) is 2.22. The Bertz CT molecular complexity index is 335. The van der Waals surface area contributed by atoms with Crippen LogP contribution in [-0.4, -0.2) is 17.0 Å². The first-order valence-electron chi connectivity index (χ1n) is 6.45. The van der Waals surface area contributed by atoms with Gasteiger partial charge in [0.1, 0.15) is 0 Å². The van der Waals surface area contributed by atoms with Crippen molar-refractivity contribution in [3.8, 4) is 0 Å². The van der Waals surface area contributed by atoms with Gasteiger partial charge in [-0.3, -0.25) is 4.79 Å². The second-order valence-corrected chi connectivity index (χ2v) is 5.47. The van der Waals surface area contributed by atoms with E-state index in [2.05, 4.69) is 26.8 Å². The van der Waals surface area contributed by atoms with Gasteiger partial charge in [-0.25, -0.2) is 0 Å². The molecule has 2 nitrogen and oxygen atoms in total. The fourth-order valence-corrected chi connectivity index (χ4v) is 2.36. The summed E-state index contributed by atoms with van der Waals surface area (Å²) >= 11 is 0. The highest BCUT2D eigenvalue weighted by Gasteiger charge is 2.30. The van der Waals surface area contributed by atoms with Crippen molar-refractivity contribution in [1.29, 1.82) is 0 Å². The number of hydrogen-bond donors (Lipinski definition) is 1. The minimum Gasteiger partial charge on any atom is -0.389 e. The summed E-state index contributed by atoms with van der Waals surface area (Å²) in [6.45, 7) is 8.11. The van der Waals surface area contributed by atoms with Crippen molar-refractivity contribution in [2.45, 2.75) is 53.1 Å². The third-order valence-corrected chi connectivity index (χ3v) is 3.63. The number of carbonyl (C=O) groups is 1. The lowest BCUT2D eigenvalue weighted by Gasteiger charge is -2.30. The van der Waals surface area contributed by atoms with E-state index in [1.165, 1.54) is 5.57 Å². The van der Waals surface area contributed by atoms with E-state index in [9.17, 15) is 9.90 Å². The maximum absolute atomic E-state index is 11.6. The van der Waals surface area contributed by atoms with E-state index in [1.807, 2.05) is 0 Å². The molecule has 17 heavy (non-hydrogen) atoms. The molecule has 0 radical (unpaired) electrons. The van der Waals surface area contributed by atoms with Crippen LogP contribution in [0.5, 0.6) is 0 Å². The van der Waals surface area contributed by atoms with Crippen LogP contribution in [0.1, 0.15) is 47.0 Å². The summed E-state index contributed by atoms with van der Waals surface area (Å²) in [6.07, 6.45) is 6.05. The summed E-state index contributed by atoms with van der Waals surface area (Å²) in [6, 6.07) is 0. The lowest BCUT2D eigenvalue weighted by molar-refractivity contribution is -0.118. The molecule has 0 amide bonds. The Morgan fingerprint density at radius 2 is 2.24 bits per heavy atom. The van der Waals surface area contributed by atoms with Gasteiger partial charge in [0, 0.05) is 6.42 Å². The number of carbonyl (C=O) groups excluding carboxylic acids is 1. The van der Waals surface area contributed by atoms with Crippen LogP contribution in [0, 0.1) is 11.8 Å². The van der Waals surface area contributed by atoms with Crippen molar-refractivity contribution in [2.24, 2.45) is 11.8 Å². The van der Waals surface area contributed by atoms with Crippen molar-refractivity contribution < 1.29 is 9.90 Å². The standard InChI is InChI=1S/C15H24O2/c1-10(2)6-5-7-11(3)13-9-14(16)12(4)8-15(13)17/h6,8,11,13,15,17H,5,7,9H2,1-4H3/t11?,13-,15?/m1/s1. The minimum absolute atomic E-state index is 0.0942. The summed E-state index contributed by atoms with van der Waals surface area (Å²) in [5, 5.41) is 9.99. The second kappa shape index (κ2) is 6.15. The van der Waals surface area contributed by atoms with Gasteiger partial charge in [0.15, 0.2) is 5.78 Å². The molecule has 2 heteroatoms. The van der Waals surface area contributed by atoms with E-state index >= 15 is 0 Å². The molecule has 0 bridgehead atoms. The first-order chi connectivity index (χ1) is 7.91. The Balaban J connectivity index is 2.55.